The molecule has 8 bridgehead atoms. The predicted molar refractivity (Wildman–Crippen MR) is 326 cm³/mol. The Morgan fingerprint density at radius 3 is 0.899 bits per heavy atom. The van der Waals surface area contributed by atoms with E-state index in [0.29, 0.717) is 23.7 Å². The Balaban J connectivity index is 1.01. The summed E-state index contributed by atoms with van der Waals surface area (Å²) < 4.78 is 0. The molecule has 0 nitrogen and oxygen atoms in total. The lowest BCUT2D eigenvalue weighted by Gasteiger charge is -2.38. The van der Waals surface area contributed by atoms with E-state index in [-0.39, 0.29) is 0 Å². The van der Waals surface area contributed by atoms with Gasteiger partial charge in [0.2, 0.25) is 0 Å². The van der Waals surface area contributed by atoms with E-state index in [4.69, 9.17) is 0 Å². The molecule has 0 aromatic heterocycles. The van der Waals surface area contributed by atoms with Crippen molar-refractivity contribution in [3.63, 3.8) is 0 Å². The molecule has 0 saturated heterocycles. The van der Waals surface area contributed by atoms with Crippen molar-refractivity contribution in [3.8, 4) is 89.0 Å². The molecule has 1 spiro atoms. The molecule has 0 radical (unpaired) electrons. The van der Waals surface area contributed by atoms with Gasteiger partial charge in [-0.3, -0.25) is 0 Å². The number of rotatable bonds is 6. The molecular formula is C79H64. The molecule has 10 aliphatic carbocycles. The van der Waals surface area contributed by atoms with Crippen LogP contribution in [0.2, 0.25) is 0 Å². The molecule has 0 amide bonds. The van der Waals surface area contributed by atoms with Crippen LogP contribution in [0.25, 0.3) is 89.0 Å². The van der Waals surface area contributed by atoms with Crippen molar-refractivity contribution in [1.82, 2.24) is 0 Å². The third kappa shape index (κ3) is 6.44. The lowest BCUT2D eigenvalue weighted by Crippen LogP contribution is -2.27. The fourth-order valence-corrected chi connectivity index (χ4v) is 19.2. The summed E-state index contributed by atoms with van der Waals surface area (Å²) in [6, 6.07) is 85.6. The van der Waals surface area contributed by atoms with Crippen molar-refractivity contribution in [2.75, 3.05) is 0 Å². The quantitative estimate of drug-likeness (QED) is 0.156. The van der Waals surface area contributed by atoms with Gasteiger partial charge in [-0.25, -0.2) is 0 Å². The molecule has 4 saturated carbocycles. The molecule has 20 rings (SSSR count). The first-order valence-electron chi connectivity index (χ1n) is 30.3. The van der Waals surface area contributed by atoms with E-state index in [0.717, 1.165) is 23.7 Å². The van der Waals surface area contributed by atoms with Gasteiger partial charge in [0.15, 0.2) is 0 Å². The maximum Gasteiger partial charge on any atom is 0.0725 e. The highest BCUT2D eigenvalue weighted by Gasteiger charge is 2.55. The van der Waals surface area contributed by atoms with Crippen LogP contribution >= 0.6 is 0 Å². The Morgan fingerprint density at radius 1 is 0.215 bits per heavy atom. The summed E-state index contributed by atoms with van der Waals surface area (Å²) in [4.78, 5) is 0. The minimum Gasteiger partial charge on any atom is -0.0622 e. The molecular weight excluding hydrogens is 949 g/mol. The summed E-state index contributed by atoms with van der Waals surface area (Å²) in [5, 5.41) is 0. The molecule has 4 unspecified atom stereocenters. The van der Waals surface area contributed by atoms with Crippen molar-refractivity contribution >= 4 is 0 Å². The highest BCUT2D eigenvalue weighted by Crippen LogP contribution is 2.69. The minimum absolute atomic E-state index is 0.475. The smallest absolute Gasteiger partial charge is 0.0622 e. The number of benzene rings is 10. The fraction of sp³-hybridized carbons (Fsp3) is 0.241. The topological polar surface area (TPSA) is 0 Å². The van der Waals surface area contributed by atoms with Gasteiger partial charge in [-0.05, 0) is 245 Å². The Kier molecular flexibility index (Phi) is 9.76. The van der Waals surface area contributed by atoms with E-state index in [1.165, 1.54) is 164 Å². The lowest BCUT2D eigenvalue weighted by atomic mass is 9.66. The molecule has 0 heterocycles. The van der Waals surface area contributed by atoms with E-state index >= 15 is 0 Å². The third-order valence-corrected chi connectivity index (χ3v) is 21.7. The van der Waals surface area contributed by atoms with Gasteiger partial charge in [0.05, 0.1) is 5.41 Å². The van der Waals surface area contributed by atoms with Crippen LogP contribution in [0.3, 0.4) is 0 Å². The average Bonchev–Trinajstić information content (AvgIpc) is 2.33. The van der Waals surface area contributed by atoms with E-state index in [9.17, 15) is 0 Å². The summed E-state index contributed by atoms with van der Waals surface area (Å²) in [7, 11) is 0. The van der Waals surface area contributed by atoms with Gasteiger partial charge < -0.3 is 0 Å². The second-order valence-corrected chi connectivity index (χ2v) is 25.8. The average molecular weight is 1010 g/mol. The van der Waals surface area contributed by atoms with Crippen LogP contribution in [-0.4, -0.2) is 0 Å². The summed E-state index contributed by atoms with van der Waals surface area (Å²) in [5.41, 5.74) is 33.3. The van der Waals surface area contributed by atoms with E-state index in [2.05, 4.69) is 218 Å². The van der Waals surface area contributed by atoms with Crippen molar-refractivity contribution < 1.29 is 0 Å². The normalized spacial score (nSPS) is 25.5. The van der Waals surface area contributed by atoms with Gasteiger partial charge in [-0.2, -0.15) is 0 Å². The largest absolute Gasteiger partial charge is 0.0725 e. The van der Waals surface area contributed by atoms with Gasteiger partial charge in [0, 0.05) is 0 Å². The molecule has 0 N–H and O–H groups in total. The van der Waals surface area contributed by atoms with Crippen LogP contribution in [-0.2, 0) is 5.41 Å². The third-order valence-electron chi connectivity index (χ3n) is 21.7. The fourth-order valence-electron chi connectivity index (χ4n) is 19.2. The van der Waals surface area contributed by atoms with Crippen LogP contribution in [0.5, 0.6) is 0 Å². The first-order chi connectivity index (χ1) is 39.1. The summed E-state index contributed by atoms with van der Waals surface area (Å²) in [6.45, 7) is 0. The molecule has 10 aromatic rings. The second-order valence-electron chi connectivity index (χ2n) is 25.8. The van der Waals surface area contributed by atoms with Gasteiger partial charge in [-0.1, -0.05) is 218 Å². The Bertz CT molecular complexity index is 3890. The summed E-state index contributed by atoms with van der Waals surface area (Å²) in [5.74, 6) is 6.16. The number of hydrogen-bond donors (Lipinski definition) is 0. The predicted octanol–water partition coefficient (Wildman–Crippen LogP) is 20.8. The van der Waals surface area contributed by atoms with Crippen LogP contribution in [0.15, 0.2) is 218 Å². The second kappa shape index (κ2) is 17.1. The zero-order valence-electron chi connectivity index (χ0n) is 45.0. The van der Waals surface area contributed by atoms with Crippen LogP contribution in [0.4, 0.5) is 0 Å². The number of hydrogen-bond acceptors (Lipinski definition) is 0. The summed E-state index contributed by atoms with van der Waals surface area (Å²) >= 11 is 0. The Labute approximate surface area is 466 Å². The molecule has 79 heavy (non-hydrogen) atoms. The standard InChI is InChI=1S/C79H64/c1-6-19-51(20-7-1)72-73(52-21-8-2-9-22-52)75(54-25-12-4-13-26-54)78(76(55-27-14-5-15-28-55)74(72)53-23-10-3-11-24-53)61-30-18-32-69-77(61)60-29-16-17-31-68(60)79(69)70-45-64-58-39-47-33-48(40-58)36-56(35-47)62(64)43-66(70)67-44-63-57-37-49-34-50(38-57)42-59(41-49)65(63)46-71(67)79/h1-32,43-50,56-59H,33-42H2. The number of fused-ring (bicyclic) bond motifs is 10. The van der Waals surface area contributed by atoms with Crippen molar-refractivity contribution in [1.29, 1.82) is 0 Å². The zero-order valence-corrected chi connectivity index (χ0v) is 45.0. The van der Waals surface area contributed by atoms with Gasteiger partial charge in [0.25, 0.3) is 0 Å². The highest BCUT2D eigenvalue weighted by molar-refractivity contribution is 6.17. The molecule has 4 atom stereocenters. The lowest BCUT2D eigenvalue weighted by molar-refractivity contribution is 0.165. The zero-order chi connectivity index (χ0) is 51.5. The van der Waals surface area contributed by atoms with Gasteiger partial charge in [-0.15, -0.1) is 0 Å². The molecule has 10 aliphatic rings. The SMILES string of the molecule is c1ccc(-c2c(-c3ccccc3)c(-c3ccccc3)c(-c3cccc4c3-c3ccccc3C43c4cc5c(cc4-c4cc6c(cc43)C3CC4CC(CC6C4)C3)C3CC4CC(C3)CC5C4)c(-c3ccccc3)c2-c2ccccc2)cc1. The van der Waals surface area contributed by atoms with E-state index < -0.39 is 5.41 Å². The molecule has 0 aliphatic heterocycles. The van der Waals surface area contributed by atoms with Crippen molar-refractivity contribution in [2.45, 2.75) is 93.3 Å². The first-order valence-corrected chi connectivity index (χ1v) is 30.3. The van der Waals surface area contributed by atoms with Gasteiger partial charge in [0.1, 0.15) is 0 Å². The van der Waals surface area contributed by atoms with Crippen LogP contribution in [0.1, 0.15) is 132 Å². The summed E-state index contributed by atoms with van der Waals surface area (Å²) in [6.07, 6.45) is 13.9. The molecule has 4 fully saturated rings. The Hall–Kier alpha value is -7.80. The molecule has 0 heteroatoms. The maximum atomic E-state index is 2.87. The van der Waals surface area contributed by atoms with E-state index in [1.807, 2.05) is 0 Å². The maximum absolute atomic E-state index is 2.87. The van der Waals surface area contributed by atoms with Crippen molar-refractivity contribution in [3.05, 3.63) is 263 Å². The minimum atomic E-state index is -0.475. The highest BCUT2D eigenvalue weighted by atomic mass is 14.6. The van der Waals surface area contributed by atoms with Crippen LogP contribution < -0.4 is 0 Å². The van der Waals surface area contributed by atoms with Gasteiger partial charge >= 0.3 is 0 Å². The van der Waals surface area contributed by atoms with Crippen LogP contribution in [0, 0.1) is 23.7 Å². The van der Waals surface area contributed by atoms with E-state index in [1.54, 1.807) is 33.4 Å². The molecule has 10 aromatic carbocycles. The molecule has 380 valence electrons. The first kappa shape index (κ1) is 45.1. The monoisotopic (exact) mass is 1010 g/mol. The Morgan fingerprint density at radius 2 is 0.519 bits per heavy atom. The van der Waals surface area contributed by atoms with Crippen molar-refractivity contribution in [2.24, 2.45) is 23.7 Å².